The Kier molecular flexibility index (Phi) is 8.92. The standard InChI is InChI=1S/C29H30ClFN2O5S/c1-6-7-13-37-22-12-11-18(14-23(22)36-5)26-25(28(35)38-16(2)3)17(4)32-29-33(26)27(34)24(39-29)15-19-20(30)9-8-10-21(19)31/h8-12,14-16,26H,6-7,13H2,1-5H3. The number of carbonyl (C=O) groups excluding carboxylic acids is 1. The van der Waals surface area contributed by atoms with Crippen molar-refractivity contribution in [1.29, 1.82) is 0 Å². The van der Waals surface area contributed by atoms with Gasteiger partial charge in [0.25, 0.3) is 5.56 Å². The molecule has 206 valence electrons. The number of esters is 1. The third-order valence-electron chi connectivity index (χ3n) is 6.12. The lowest BCUT2D eigenvalue weighted by Gasteiger charge is -2.26. The van der Waals surface area contributed by atoms with Gasteiger partial charge in [-0.3, -0.25) is 9.36 Å². The van der Waals surface area contributed by atoms with Crippen LogP contribution in [0.15, 0.2) is 57.5 Å². The molecule has 1 aromatic heterocycles. The topological polar surface area (TPSA) is 79.1 Å². The van der Waals surface area contributed by atoms with Gasteiger partial charge >= 0.3 is 5.97 Å². The Morgan fingerprint density at radius 3 is 2.69 bits per heavy atom. The van der Waals surface area contributed by atoms with Crippen LogP contribution in [0.3, 0.4) is 0 Å². The number of carbonyl (C=O) groups is 1. The minimum absolute atomic E-state index is 0.103. The number of benzene rings is 2. The highest BCUT2D eigenvalue weighted by Gasteiger charge is 2.34. The van der Waals surface area contributed by atoms with Crippen LogP contribution in [-0.4, -0.2) is 30.4 Å². The predicted molar refractivity (Wildman–Crippen MR) is 150 cm³/mol. The highest BCUT2D eigenvalue weighted by Crippen LogP contribution is 2.36. The van der Waals surface area contributed by atoms with E-state index in [0.29, 0.717) is 34.2 Å². The molecule has 0 aliphatic carbocycles. The number of rotatable bonds is 9. The van der Waals surface area contributed by atoms with Crippen LogP contribution in [0.25, 0.3) is 6.08 Å². The molecule has 0 saturated heterocycles. The number of thiazole rings is 1. The Bertz CT molecular complexity index is 1590. The van der Waals surface area contributed by atoms with Crippen LogP contribution in [0.5, 0.6) is 11.5 Å². The van der Waals surface area contributed by atoms with Gasteiger partial charge in [0.2, 0.25) is 0 Å². The van der Waals surface area contributed by atoms with Crippen LogP contribution in [-0.2, 0) is 9.53 Å². The average Bonchev–Trinajstić information content (AvgIpc) is 3.19. The van der Waals surface area contributed by atoms with Gasteiger partial charge in [-0.2, -0.15) is 0 Å². The van der Waals surface area contributed by atoms with E-state index >= 15 is 0 Å². The summed E-state index contributed by atoms with van der Waals surface area (Å²) in [5.74, 6) is -0.103. The van der Waals surface area contributed by atoms with Crippen molar-refractivity contribution in [3.63, 3.8) is 0 Å². The summed E-state index contributed by atoms with van der Waals surface area (Å²) in [4.78, 5) is 32.1. The lowest BCUT2D eigenvalue weighted by molar-refractivity contribution is -0.143. The summed E-state index contributed by atoms with van der Waals surface area (Å²) in [5.41, 5.74) is 0.924. The van der Waals surface area contributed by atoms with Crippen LogP contribution in [0, 0.1) is 5.82 Å². The highest BCUT2D eigenvalue weighted by atomic mass is 35.5. The zero-order valence-electron chi connectivity index (χ0n) is 22.4. The first-order valence-electron chi connectivity index (χ1n) is 12.6. The minimum Gasteiger partial charge on any atom is -0.493 e. The first-order valence-corrected chi connectivity index (χ1v) is 13.8. The molecule has 10 heteroatoms. The van der Waals surface area contributed by atoms with E-state index in [-0.39, 0.29) is 26.8 Å². The van der Waals surface area contributed by atoms with E-state index in [2.05, 4.69) is 11.9 Å². The van der Waals surface area contributed by atoms with Crippen molar-refractivity contribution in [3.05, 3.63) is 89.3 Å². The molecule has 0 amide bonds. The van der Waals surface area contributed by atoms with Crippen molar-refractivity contribution in [2.24, 2.45) is 4.99 Å². The fourth-order valence-electron chi connectivity index (χ4n) is 4.26. The number of fused-ring (bicyclic) bond motifs is 1. The van der Waals surface area contributed by atoms with E-state index in [9.17, 15) is 14.0 Å². The van der Waals surface area contributed by atoms with Gasteiger partial charge in [0.15, 0.2) is 16.3 Å². The molecule has 0 spiro atoms. The Morgan fingerprint density at radius 1 is 1.26 bits per heavy atom. The Balaban J connectivity index is 1.93. The maximum atomic E-state index is 14.5. The highest BCUT2D eigenvalue weighted by molar-refractivity contribution is 7.07. The van der Waals surface area contributed by atoms with Gasteiger partial charge in [-0.15, -0.1) is 0 Å². The summed E-state index contributed by atoms with van der Waals surface area (Å²) >= 11 is 7.31. The summed E-state index contributed by atoms with van der Waals surface area (Å²) in [6.45, 7) is 7.81. The van der Waals surface area contributed by atoms with Crippen molar-refractivity contribution in [2.75, 3.05) is 13.7 Å². The molecule has 0 saturated carbocycles. The van der Waals surface area contributed by atoms with Gasteiger partial charge in [0.05, 0.1) is 46.7 Å². The third-order valence-corrected chi connectivity index (χ3v) is 7.43. The van der Waals surface area contributed by atoms with E-state index in [1.165, 1.54) is 29.9 Å². The van der Waals surface area contributed by atoms with E-state index in [1.54, 1.807) is 45.0 Å². The van der Waals surface area contributed by atoms with Gasteiger partial charge in [0, 0.05) is 5.56 Å². The molecule has 2 heterocycles. The lowest BCUT2D eigenvalue weighted by Crippen LogP contribution is -2.40. The molecule has 3 aromatic rings. The quantitative estimate of drug-likeness (QED) is 0.261. The maximum absolute atomic E-state index is 14.5. The SMILES string of the molecule is CCCCOc1ccc(C2C(C(=O)OC(C)C)=C(C)N=c3sc(=Cc4c(F)cccc4Cl)c(=O)n32)cc1OC. The van der Waals surface area contributed by atoms with Gasteiger partial charge in [-0.25, -0.2) is 14.2 Å². The molecule has 4 rings (SSSR count). The Labute approximate surface area is 234 Å². The fourth-order valence-corrected chi connectivity index (χ4v) is 5.50. The van der Waals surface area contributed by atoms with Crippen molar-refractivity contribution in [2.45, 2.75) is 52.7 Å². The molecule has 2 aromatic carbocycles. The summed E-state index contributed by atoms with van der Waals surface area (Å²) in [6, 6.07) is 8.77. The molecule has 0 fully saturated rings. The number of allylic oxidation sites excluding steroid dienone is 1. The molecule has 1 atom stereocenters. The summed E-state index contributed by atoms with van der Waals surface area (Å²) in [7, 11) is 1.53. The maximum Gasteiger partial charge on any atom is 0.338 e. The number of unbranched alkanes of at least 4 members (excludes halogenated alkanes) is 1. The predicted octanol–water partition coefficient (Wildman–Crippen LogP) is 5.17. The molecule has 1 unspecified atom stereocenters. The second-order valence-electron chi connectivity index (χ2n) is 9.28. The molecular weight excluding hydrogens is 543 g/mol. The number of halogens is 2. The number of nitrogens with zero attached hydrogens (tertiary/aromatic N) is 2. The molecule has 0 radical (unpaired) electrons. The summed E-state index contributed by atoms with van der Waals surface area (Å²) in [6.07, 6.45) is 2.91. The fraction of sp³-hybridized carbons (Fsp3) is 0.345. The first kappa shape index (κ1) is 28.6. The van der Waals surface area contributed by atoms with Crippen LogP contribution >= 0.6 is 22.9 Å². The first-order chi connectivity index (χ1) is 18.7. The lowest BCUT2D eigenvalue weighted by atomic mass is 9.95. The Morgan fingerprint density at radius 2 is 2.03 bits per heavy atom. The average molecular weight is 573 g/mol. The van der Waals surface area contributed by atoms with Gasteiger partial charge in [-0.1, -0.05) is 48.4 Å². The number of hydrogen-bond acceptors (Lipinski definition) is 7. The molecule has 0 N–H and O–H groups in total. The molecule has 1 aliphatic rings. The molecule has 0 bridgehead atoms. The molecule has 7 nitrogen and oxygen atoms in total. The molecule has 1 aliphatic heterocycles. The van der Waals surface area contributed by atoms with Crippen molar-refractivity contribution < 1.29 is 23.4 Å². The number of hydrogen-bond donors (Lipinski definition) is 0. The second-order valence-corrected chi connectivity index (χ2v) is 10.7. The van der Waals surface area contributed by atoms with Crippen LogP contribution in [0.1, 0.15) is 57.7 Å². The smallest absolute Gasteiger partial charge is 0.338 e. The van der Waals surface area contributed by atoms with Gasteiger partial charge in [0.1, 0.15) is 5.82 Å². The van der Waals surface area contributed by atoms with E-state index in [4.69, 9.17) is 25.8 Å². The molecular formula is C29H30ClFN2O5S. The second kappa shape index (κ2) is 12.2. The number of aromatic nitrogens is 1. The van der Waals surface area contributed by atoms with Crippen LogP contribution in [0.4, 0.5) is 4.39 Å². The largest absolute Gasteiger partial charge is 0.493 e. The zero-order valence-corrected chi connectivity index (χ0v) is 24.0. The third kappa shape index (κ3) is 5.94. The zero-order chi connectivity index (χ0) is 28.3. The minimum atomic E-state index is -0.857. The van der Waals surface area contributed by atoms with Crippen molar-refractivity contribution in [3.8, 4) is 11.5 Å². The van der Waals surface area contributed by atoms with Crippen molar-refractivity contribution in [1.82, 2.24) is 4.57 Å². The number of methoxy groups -OCH3 is 1. The molecule has 39 heavy (non-hydrogen) atoms. The van der Waals surface area contributed by atoms with Crippen LogP contribution < -0.4 is 24.4 Å². The summed E-state index contributed by atoms with van der Waals surface area (Å²) < 4.78 is 33.2. The number of ether oxygens (including phenoxy) is 3. The van der Waals surface area contributed by atoms with Crippen LogP contribution in [0.2, 0.25) is 5.02 Å². The van der Waals surface area contributed by atoms with Gasteiger partial charge < -0.3 is 14.2 Å². The van der Waals surface area contributed by atoms with Crippen molar-refractivity contribution >= 4 is 35.0 Å². The summed E-state index contributed by atoms with van der Waals surface area (Å²) in [5, 5.41) is 0.179. The van der Waals surface area contributed by atoms with E-state index < -0.39 is 23.4 Å². The normalized spacial score (nSPS) is 15.3. The van der Waals surface area contributed by atoms with E-state index in [0.717, 1.165) is 24.2 Å². The van der Waals surface area contributed by atoms with E-state index in [1.807, 2.05) is 0 Å². The van der Waals surface area contributed by atoms with Gasteiger partial charge in [-0.05, 0) is 63.1 Å². The monoisotopic (exact) mass is 572 g/mol. The Hall–Kier alpha value is -3.43.